The van der Waals surface area contributed by atoms with Gasteiger partial charge in [0.05, 0.1) is 6.61 Å². The van der Waals surface area contributed by atoms with Gasteiger partial charge in [-0.25, -0.2) is 9.59 Å². The van der Waals surface area contributed by atoms with Gasteiger partial charge < -0.3 is 25.3 Å². The van der Waals surface area contributed by atoms with Crippen LogP contribution in [0.25, 0.3) is 0 Å². The first-order valence-electron chi connectivity index (χ1n) is 13.2. The number of aromatic nitrogens is 2. The first kappa shape index (κ1) is 31.3. The molecule has 1 fully saturated rings. The second kappa shape index (κ2) is 16.8. The summed E-state index contributed by atoms with van der Waals surface area (Å²) in [5.41, 5.74) is 2.70. The number of nitrogens with zero attached hydrogens (tertiary/aromatic N) is 2. The highest BCUT2D eigenvalue weighted by Crippen LogP contribution is 2.20. The molecule has 2 aromatic rings. The summed E-state index contributed by atoms with van der Waals surface area (Å²) in [6.07, 6.45) is 9.08. The Balaban J connectivity index is 0.000000580. The van der Waals surface area contributed by atoms with Crippen molar-refractivity contribution < 1.29 is 24.5 Å². The van der Waals surface area contributed by atoms with Crippen LogP contribution in [0.4, 0.5) is 5.95 Å². The first-order chi connectivity index (χ1) is 18.7. The number of aryl methyl sites for hydroxylation is 1. The van der Waals surface area contributed by atoms with Gasteiger partial charge in [-0.05, 0) is 69.7 Å². The molecule has 0 aliphatic carbocycles. The summed E-state index contributed by atoms with van der Waals surface area (Å²) in [6, 6.07) is 8.42. The van der Waals surface area contributed by atoms with E-state index in [2.05, 4.69) is 45.3 Å². The summed E-state index contributed by atoms with van der Waals surface area (Å²) >= 11 is 0. The Morgan fingerprint density at radius 3 is 2.64 bits per heavy atom. The monoisotopic (exact) mass is 540 g/mol. The number of carboxylic acids is 2. The molecular weight excluding hydrogens is 500 g/mol. The van der Waals surface area contributed by atoms with E-state index in [1.807, 2.05) is 32.1 Å². The first-order valence-corrected chi connectivity index (χ1v) is 13.2. The number of allylic oxidation sites excluding steroid dienone is 2. The normalized spacial score (nSPS) is 15.6. The average molecular weight is 541 g/mol. The van der Waals surface area contributed by atoms with Crippen LogP contribution in [0.15, 0.2) is 53.4 Å². The number of rotatable bonds is 12. The van der Waals surface area contributed by atoms with E-state index in [-0.39, 0.29) is 5.56 Å². The number of nitrogens with one attached hydrogen (secondary N) is 2. The van der Waals surface area contributed by atoms with Crippen LogP contribution in [-0.4, -0.2) is 63.3 Å². The molecule has 2 heterocycles. The molecule has 1 aliphatic rings. The maximum absolute atomic E-state index is 12.2. The molecule has 4 N–H and O–H groups in total. The van der Waals surface area contributed by atoms with Crippen molar-refractivity contribution >= 4 is 17.9 Å². The summed E-state index contributed by atoms with van der Waals surface area (Å²) < 4.78 is 5.95. The molecule has 1 aliphatic heterocycles. The molecule has 0 amide bonds. The fourth-order valence-corrected chi connectivity index (χ4v) is 4.20. The zero-order valence-corrected chi connectivity index (χ0v) is 23.0. The Morgan fingerprint density at radius 1 is 1.26 bits per heavy atom. The number of hydrogen-bond acceptors (Lipinski definition) is 7. The molecule has 0 spiro atoms. The van der Waals surface area contributed by atoms with E-state index in [0.717, 1.165) is 30.3 Å². The lowest BCUT2D eigenvalue weighted by molar-refractivity contribution is -0.134. The van der Waals surface area contributed by atoms with Crippen LogP contribution in [0.2, 0.25) is 0 Å². The standard InChI is InChI=1S/C25H36N4O2.C4H4O4/c1-4-5-12-23-20(3)27-25(28-24(23)30)26-13-8-15-31-22-11-6-10-21(16-22)18-29-14-7-9-19(2)17-29;5-3(6)1-2-4(7)8/h4-6,10-11,16,19H,7-9,12-15,17-18H2,1-3H3,(H2,26,27,28,30);1-2H,(H,5,6)(H,7,8)/b5-4+;2-1-/t19-;/m0./s1. The van der Waals surface area contributed by atoms with Gasteiger partial charge >= 0.3 is 11.9 Å². The average Bonchev–Trinajstić information content (AvgIpc) is 2.87. The maximum atomic E-state index is 12.2. The molecule has 1 atom stereocenters. The summed E-state index contributed by atoms with van der Waals surface area (Å²) in [4.78, 5) is 41.1. The van der Waals surface area contributed by atoms with Crippen molar-refractivity contribution in [3.63, 3.8) is 0 Å². The van der Waals surface area contributed by atoms with Crippen molar-refractivity contribution in [3.8, 4) is 5.75 Å². The number of likely N-dealkylation sites (tertiary alicyclic amines) is 1. The van der Waals surface area contributed by atoms with Crippen LogP contribution in [0.1, 0.15) is 49.9 Å². The van der Waals surface area contributed by atoms with Crippen molar-refractivity contribution in [1.29, 1.82) is 0 Å². The van der Waals surface area contributed by atoms with Crippen LogP contribution in [-0.2, 0) is 22.6 Å². The van der Waals surface area contributed by atoms with Gasteiger partial charge in [0.2, 0.25) is 5.95 Å². The van der Waals surface area contributed by atoms with Gasteiger partial charge in [0.15, 0.2) is 0 Å². The minimum Gasteiger partial charge on any atom is -0.494 e. The van der Waals surface area contributed by atoms with Crippen molar-refractivity contribution in [2.75, 3.05) is 31.6 Å². The van der Waals surface area contributed by atoms with Gasteiger partial charge in [-0.2, -0.15) is 4.98 Å². The number of piperidine rings is 1. The zero-order valence-electron chi connectivity index (χ0n) is 23.0. The van der Waals surface area contributed by atoms with Crippen molar-refractivity contribution in [1.82, 2.24) is 14.9 Å². The Labute approximate surface area is 229 Å². The van der Waals surface area contributed by atoms with E-state index < -0.39 is 11.9 Å². The van der Waals surface area contributed by atoms with E-state index in [9.17, 15) is 14.4 Å². The van der Waals surface area contributed by atoms with Crippen LogP contribution < -0.4 is 15.6 Å². The Bertz CT molecular complexity index is 1170. The molecule has 1 saturated heterocycles. The molecule has 212 valence electrons. The minimum absolute atomic E-state index is 0.173. The molecule has 0 unspecified atom stereocenters. The number of benzene rings is 1. The highest BCUT2D eigenvalue weighted by atomic mass is 16.5. The largest absolute Gasteiger partial charge is 0.494 e. The number of hydrogen-bond donors (Lipinski definition) is 4. The SMILES string of the molecule is C/C=C/Cc1c(C)[nH]c(NCCCOc2cccc(CN3CCC[C@H](C)C3)c2)nc1=O.O=C(O)/C=C\C(=O)O. The predicted octanol–water partition coefficient (Wildman–Crippen LogP) is 4.02. The van der Waals surface area contributed by atoms with E-state index >= 15 is 0 Å². The topological polar surface area (TPSA) is 145 Å². The zero-order chi connectivity index (χ0) is 28.6. The number of carbonyl (C=O) groups is 2. The highest BCUT2D eigenvalue weighted by molar-refractivity contribution is 5.89. The minimum atomic E-state index is -1.26. The molecule has 0 radical (unpaired) electrons. The van der Waals surface area contributed by atoms with Crippen molar-refractivity contribution in [2.45, 2.75) is 53.0 Å². The van der Waals surface area contributed by atoms with Gasteiger partial charge in [-0.1, -0.05) is 31.2 Å². The second-order valence-corrected chi connectivity index (χ2v) is 9.54. The number of ether oxygens (including phenoxy) is 1. The van der Waals surface area contributed by atoms with E-state index in [1.165, 1.54) is 31.5 Å². The van der Waals surface area contributed by atoms with Gasteiger partial charge in [0, 0.05) is 43.0 Å². The fraction of sp³-hybridized carbons (Fsp3) is 0.448. The van der Waals surface area contributed by atoms with E-state index in [0.29, 0.717) is 43.2 Å². The van der Waals surface area contributed by atoms with Gasteiger partial charge in [0.1, 0.15) is 5.75 Å². The lowest BCUT2D eigenvalue weighted by atomic mass is 10.00. The van der Waals surface area contributed by atoms with E-state index in [4.69, 9.17) is 14.9 Å². The van der Waals surface area contributed by atoms with Gasteiger partial charge in [0.25, 0.3) is 5.56 Å². The van der Waals surface area contributed by atoms with Crippen molar-refractivity contribution in [2.24, 2.45) is 5.92 Å². The summed E-state index contributed by atoms with van der Waals surface area (Å²) in [5, 5.41) is 18.8. The molecule has 0 bridgehead atoms. The third-order valence-corrected chi connectivity index (χ3v) is 6.08. The van der Waals surface area contributed by atoms with Crippen LogP contribution in [0.5, 0.6) is 5.75 Å². The number of anilines is 1. The molecule has 10 nitrogen and oxygen atoms in total. The summed E-state index contributed by atoms with van der Waals surface area (Å²) in [5.74, 6) is -0.291. The lowest BCUT2D eigenvalue weighted by Gasteiger charge is -2.30. The smallest absolute Gasteiger partial charge is 0.328 e. The molecule has 3 rings (SSSR count). The molecule has 39 heavy (non-hydrogen) atoms. The Morgan fingerprint density at radius 2 is 2.00 bits per heavy atom. The summed E-state index contributed by atoms with van der Waals surface area (Å²) in [6.45, 7) is 10.8. The van der Waals surface area contributed by atoms with Crippen molar-refractivity contribution in [3.05, 3.63) is 75.7 Å². The summed E-state index contributed by atoms with van der Waals surface area (Å²) in [7, 11) is 0. The third-order valence-electron chi connectivity index (χ3n) is 6.08. The molecular formula is C29H40N4O6. The van der Waals surface area contributed by atoms with Crippen LogP contribution >= 0.6 is 0 Å². The van der Waals surface area contributed by atoms with Gasteiger partial charge in [-0.15, -0.1) is 0 Å². The maximum Gasteiger partial charge on any atom is 0.328 e. The number of carboxylic acid groups (broad SMARTS) is 2. The molecule has 1 aromatic carbocycles. The molecule has 0 saturated carbocycles. The van der Waals surface area contributed by atoms with Gasteiger partial charge in [-0.3, -0.25) is 9.69 Å². The third kappa shape index (κ3) is 12.4. The van der Waals surface area contributed by atoms with Crippen LogP contribution in [0.3, 0.4) is 0 Å². The number of aliphatic carboxylic acids is 2. The van der Waals surface area contributed by atoms with Crippen LogP contribution in [0, 0.1) is 12.8 Å². The second-order valence-electron chi connectivity index (χ2n) is 9.54. The quantitative estimate of drug-likeness (QED) is 0.178. The Kier molecular flexibility index (Phi) is 13.5. The highest BCUT2D eigenvalue weighted by Gasteiger charge is 2.16. The van der Waals surface area contributed by atoms with E-state index in [1.54, 1.807) is 0 Å². The number of H-pyrrole nitrogens is 1. The lowest BCUT2D eigenvalue weighted by Crippen LogP contribution is -2.33. The molecule has 1 aromatic heterocycles. The number of aromatic amines is 1. The fourth-order valence-electron chi connectivity index (χ4n) is 4.20. The predicted molar refractivity (Wildman–Crippen MR) is 151 cm³/mol. The molecule has 10 heteroatoms. The Hall–Kier alpha value is -3.92.